The van der Waals surface area contributed by atoms with Gasteiger partial charge in [-0.15, -0.1) is 0 Å². The Kier molecular flexibility index (Phi) is 5.53. The van der Waals surface area contributed by atoms with Gasteiger partial charge in [0, 0.05) is 0 Å². The summed E-state index contributed by atoms with van der Waals surface area (Å²) >= 11 is 0. The maximum atomic E-state index is 12.4. The number of carbonyl (C=O) groups excluding carboxylic acids is 2. The molecule has 8 nitrogen and oxygen atoms in total. The van der Waals surface area contributed by atoms with Gasteiger partial charge in [0.15, 0.2) is 0 Å². The summed E-state index contributed by atoms with van der Waals surface area (Å²) < 4.78 is 9.65. The molecule has 1 unspecified atom stereocenters. The lowest BCUT2D eigenvalue weighted by Crippen LogP contribution is -2.44. The average molecular weight is 346 g/mol. The third kappa shape index (κ3) is 3.52. The molecule has 2 rings (SSSR count). The van der Waals surface area contributed by atoms with Gasteiger partial charge in [-0.25, -0.2) is 9.59 Å². The summed E-state index contributed by atoms with van der Waals surface area (Å²) in [5.74, 6) is -0.712. The van der Waals surface area contributed by atoms with Crippen LogP contribution in [0, 0.1) is 10.1 Å². The smallest absolute Gasteiger partial charge is 0.415 e. The monoisotopic (exact) mass is 346 g/mol. The molecule has 0 aliphatic heterocycles. The number of amides is 1. The quantitative estimate of drug-likeness (QED) is 0.468. The Morgan fingerprint density at radius 2 is 1.92 bits per heavy atom. The summed E-state index contributed by atoms with van der Waals surface area (Å²) in [6.45, 7) is 3.08. The highest BCUT2D eigenvalue weighted by molar-refractivity contribution is 6.04. The Hall–Kier alpha value is -3.16. The van der Waals surface area contributed by atoms with Gasteiger partial charge in [0.1, 0.15) is 11.7 Å². The number of nitro groups is 1. The van der Waals surface area contributed by atoms with E-state index in [4.69, 9.17) is 4.74 Å². The molecule has 0 fully saturated rings. The molecule has 25 heavy (non-hydrogen) atoms. The van der Waals surface area contributed by atoms with Crippen molar-refractivity contribution < 1.29 is 24.0 Å². The minimum atomic E-state index is -1.09. The molecule has 0 bridgehead atoms. The zero-order valence-corrected chi connectivity index (χ0v) is 14.1. The third-order valence-electron chi connectivity index (χ3n) is 3.72. The molecule has 0 aliphatic carbocycles. The molecule has 0 aliphatic rings. The van der Waals surface area contributed by atoms with Crippen molar-refractivity contribution in [2.75, 3.05) is 18.6 Å². The maximum Gasteiger partial charge on any atom is 0.415 e. The fourth-order valence-electron chi connectivity index (χ4n) is 2.56. The number of hydrogen-bond donors (Lipinski definition) is 0. The molecule has 2 aromatic carbocycles. The lowest BCUT2D eigenvalue weighted by atomic mass is 10.1. The SMILES string of the molecule is CCOC(=O)N(c1ccc2ccccc2c1[N+](=O)[O-])C(C)C(=O)OC. The van der Waals surface area contributed by atoms with E-state index in [2.05, 4.69) is 4.74 Å². The van der Waals surface area contributed by atoms with Crippen LogP contribution in [-0.2, 0) is 14.3 Å². The summed E-state index contributed by atoms with van der Waals surface area (Å²) in [6, 6.07) is 8.71. The number of hydrogen-bond acceptors (Lipinski definition) is 6. The Morgan fingerprint density at radius 1 is 1.24 bits per heavy atom. The van der Waals surface area contributed by atoms with Crippen molar-refractivity contribution in [3.05, 3.63) is 46.5 Å². The highest BCUT2D eigenvalue weighted by atomic mass is 16.6. The van der Waals surface area contributed by atoms with Crippen molar-refractivity contribution in [1.29, 1.82) is 0 Å². The highest BCUT2D eigenvalue weighted by Crippen LogP contribution is 2.37. The minimum absolute atomic E-state index is 0.0277. The van der Waals surface area contributed by atoms with E-state index in [9.17, 15) is 19.7 Å². The second kappa shape index (κ2) is 7.61. The first-order valence-corrected chi connectivity index (χ1v) is 7.62. The number of nitro benzene ring substituents is 1. The van der Waals surface area contributed by atoms with Crippen molar-refractivity contribution in [2.45, 2.75) is 19.9 Å². The van der Waals surface area contributed by atoms with Crippen molar-refractivity contribution in [3.63, 3.8) is 0 Å². The fraction of sp³-hybridized carbons (Fsp3) is 0.294. The lowest BCUT2D eigenvalue weighted by Gasteiger charge is -2.26. The Bertz CT molecular complexity index is 820. The number of fused-ring (bicyclic) bond motifs is 1. The number of benzene rings is 2. The predicted molar refractivity (Wildman–Crippen MR) is 91.6 cm³/mol. The summed E-state index contributed by atoms with van der Waals surface area (Å²) in [7, 11) is 1.18. The molecule has 8 heteroatoms. The molecule has 132 valence electrons. The van der Waals surface area contributed by atoms with Gasteiger partial charge >= 0.3 is 17.7 Å². The zero-order chi connectivity index (χ0) is 18.6. The van der Waals surface area contributed by atoms with E-state index >= 15 is 0 Å². The number of ether oxygens (including phenoxy) is 2. The van der Waals surface area contributed by atoms with Gasteiger partial charge in [-0.2, -0.15) is 0 Å². The van der Waals surface area contributed by atoms with Gasteiger partial charge in [0.2, 0.25) is 0 Å². The van der Waals surface area contributed by atoms with Gasteiger partial charge in [-0.1, -0.05) is 24.3 Å². The number of methoxy groups -OCH3 is 1. The van der Waals surface area contributed by atoms with E-state index < -0.39 is 23.0 Å². The summed E-state index contributed by atoms with van der Waals surface area (Å²) in [6.07, 6.45) is -0.862. The number of nitrogens with zero attached hydrogens (tertiary/aromatic N) is 2. The molecule has 1 amide bonds. The van der Waals surface area contributed by atoms with Gasteiger partial charge in [-0.3, -0.25) is 15.0 Å². The van der Waals surface area contributed by atoms with E-state index in [0.717, 1.165) is 4.90 Å². The third-order valence-corrected chi connectivity index (χ3v) is 3.72. The van der Waals surface area contributed by atoms with Crippen molar-refractivity contribution in [1.82, 2.24) is 0 Å². The Balaban J connectivity index is 2.71. The molecule has 0 saturated carbocycles. The number of carbonyl (C=O) groups is 2. The first-order valence-electron chi connectivity index (χ1n) is 7.62. The standard InChI is InChI=1S/C17H18N2O6/c1-4-25-17(21)18(11(2)16(20)24-3)14-10-9-12-7-5-6-8-13(12)15(14)19(22)23/h5-11H,4H2,1-3H3. The summed E-state index contributed by atoms with van der Waals surface area (Å²) in [4.78, 5) is 36.4. The Morgan fingerprint density at radius 3 is 2.52 bits per heavy atom. The van der Waals surface area contributed by atoms with Crippen LogP contribution in [0.15, 0.2) is 36.4 Å². The number of esters is 1. The van der Waals surface area contributed by atoms with Gasteiger partial charge < -0.3 is 9.47 Å². The lowest BCUT2D eigenvalue weighted by molar-refractivity contribution is -0.382. The second-order valence-corrected chi connectivity index (χ2v) is 5.18. The van der Waals surface area contributed by atoms with Crippen molar-refractivity contribution in [2.24, 2.45) is 0 Å². The minimum Gasteiger partial charge on any atom is -0.467 e. The predicted octanol–water partition coefficient (Wildman–Crippen LogP) is 3.27. The summed E-state index contributed by atoms with van der Waals surface area (Å²) in [5.41, 5.74) is -0.304. The highest BCUT2D eigenvalue weighted by Gasteiger charge is 2.35. The van der Waals surface area contributed by atoms with Crippen LogP contribution in [0.2, 0.25) is 0 Å². The number of anilines is 1. The van der Waals surface area contributed by atoms with Gasteiger partial charge in [0.25, 0.3) is 0 Å². The Labute approximate surface area is 144 Å². The molecule has 0 spiro atoms. The largest absolute Gasteiger partial charge is 0.467 e. The van der Waals surface area contributed by atoms with Crippen LogP contribution in [0.3, 0.4) is 0 Å². The topological polar surface area (TPSA) is 99.0 Å². The van der Waals surface area contributed by atoms with Crippen LogP contribution in [0.1, 0.15) is 13.8 Å². The molecule has 0 heterocycles. The van der Waals surface area contributed by atoms with Crippen LogP contribution in [0.5, 0.6) is 0 Å². The average Bonchev–Trinajstić information content (AvgIpc) is 2.60. The summed E-state index contributed by atoms with van der Waals surface area (Å²) in [5, 5.41) is 12.7. The first kappa shape index (κ1) is 18.2. The van der Waals surface area contributed by atoms with Gasteiger partial charge in [-0.05, 0) is 31.4 Å². The molecule has 2 aromatic rings. The zero-order valence-electron chi connectivity index (χ0n) is 14.1. The van der Waals surface area contributed by atoms with Crippen molar-refractivity contribution in [3.8, 4) is 0 Å². The second-order valence-electron chi connectivity index (χ2n) is 5.18. The number of rotatable bonds is 5. The first-order chi connectivity index (χ1) is 11.9. The molecule has 1 atom stereocenters. The normalized spacial score (nSPS) is 11.6. The van der Waals surface area contributed by atoms with Gasteiger partial charge in [0.05, 0.1) is 24.0 Å². The van der Waals surface area contributed by atoms with Crippen LogP contribution in [0.4, 0.5) is 16.2 Å². The van der Waals surface area contributed by atoms with Crippen LogP contribution >= 0.6 is 0 Å². The molecular weight excluding hydrogens is 328 g/mol. The maximum absolute atomic E-state index is 12.4. The van der Waals surface area contributed by atoms with E-state index in [0.29, 0.717) is 10.8 Å². The van der Waals surface area contributed by atoms with Crippen LogP contribution in [-0.4, -0.2) is 36.7 Å². The molecular formula is C17H18N2O6. The molecule has 0 radical (unpaired) electrons. The van der Waals surface area contributed by atoms with E-state index in [1.165, 1.54) is 20.1 Å². The van der Waals surface area contributed by atoms with E-state index in [1.807, 2.05) is 0 Å². The molecule has 0 saturated heterocycles. The molecule has 0 aromatic heterocycles. The van der Waals surface area contributed by atoms with Crippen molar-refractivity contribution >= 4 is 34.2 Å². The van der Waals surface area contributed by atoms with Crippen LogP contribution < -0.4 is 4.90 Å². The van der Waals surface area contributed by atoms with E-state index in [1.54, 1.807) is 37.3 Å². The molecule has 0 N–H and O–H groups in total. The van der Waals surface area contributed by atoms with Crippen LogP contribution in [0.25, 0.3) is 10.8 Å². The van der Waals surface area contributed by atoms with E-state index in [-0.39, 0.29) is 18.0 Å². The fourth-order valence-corrected chi connectivity index (χ4v) is 2.56.